The summed E-state index contributed by atoms with van der Waals surface area (Å²) < 4.78 is 5.65. The van der Waals surface area contributed by atoms with Gasteiger partial charge in [0.2, 0.25) is 5.88 Å². The second kappa shape index (κ2) is 8.41. The molecule has 1 aliphatic heterocycles. The number of hydrogen-bond donors (Lipinski definition) is 2. The summed E-state index contributed by atoms with van der Waals surface area (Å²) in [6.45, 7) is 4.40. The number of carbonyl (C=O) groups is 1. The van der Waals surface area contributed by atoms with Crippen LogP contribution < -0.4 is 20.5 Å². The van der Waals surface area contributed by atoms with Crippen LogP contribution in [-0.4, -0.2) is 52.3 Å². The summed E-state index contributed by atoms with van der Waals surface area (Å²) in [7, 11) is 0. The van der Waals surface area contributed by atoms with Crippen LogP contribution in [0.3, 0.4) is 0 Å². The van der Waals surface area contributed by atoms with Crippen LogP contribution in [0, 0.1) is 6.92 Å². The summed E-state index contributed by atoms with van der Waals surface area (Å²) in [4.78, 5) is 33.9. The third kappa shape index (κ3) is 4.78. The number of H-pyrrole nitrogens is 1. The first-order valence-corrected chi connectivity index (χ1v) is 8.69. The Kier molecular flexibility index (Phi) is 5.77. The fourth-order valence-corrected chi connectivity index (χ4v) is 2.77. The molecule has 0 atom stereocenters. The first kappa shape index (κ1) is 17.8. The Morgan fingerprint density at radius 3 is 2.81 bits per heavy atom. The van der Waals surface area contributed by atoms with Gasteiger partial charge in [-0.1, -0.05) is 0 Å². The molecule has 2 N–H and O–H groups in total. The van der Waals surface area contributed by atoms with E-state index in [0.717, 1.165) is 18.9 Å². The van der Waals surface area contributed by atoms with E-state index in [0.29, 0.717) is 18.2 Å². The predicted molar refractivity (Wildman–Crippen MR) is 95.5 cm³/mol. The molecule has 1 amide bonds. The standard InChI is InChI=1S/C17H22N6O3/c1-12-19-14(23-8-3-2-4-9-23)11-16(20-12)26-10-7-18-17(25)13-5-6-15(24)22-21-13/h5-6,11H,2-4,7-10H2,1H3,(H,18,25)(H,22,24). The van der Waals surface area contributed by atoms with Crippen LogP contribution in [-0.2, 0) is 0 Å². The number of rotatable bonds is 6. The molecule has 9 heteroatoms. The molecule has 0 spiro atoms. The topological polar surface area (TPSA) is 113 Å². The lowest BCUT2D eigenvalue weighted by molar-refractivity contribution is 0.0940. The molecule has 0 radical (unpaired) electrons. The van der Waals surface area contributed by atoms with Gasteiger partial charge >= 0.3 is 0 Å². The average Bonchev–Trinajstić information content (AvgIpc) is 2.66. The number of nitrogens with one attached hydrogen (secondary N) is 2. The van der Waals surface area contributed by atoms with Gasteiger partial charge in [-0.3, -0.25) is 9.59 Å². The van der Waals surface area contributed by atoms with Crippen molar-refractivity contribution >= 4 is 11.7 Å². The molecule has 0 bridgehead atoms. The van der Waals surface area contributed by atoms with Gasteiger partial charge in [0, 0.05) is 25.2 Å². The quantitative estimate of drug-likeness (QED) is 0.730. The Morgan fingerprint density at radius 2 is 2.08 bits per heavy atom. The average molecular weight is 358 g/mol. The van der Waals surface area contributed by atoms with Crippen LogP contribution in [0.4, 0.5) is 5.82 Å². The maximum absolute atomic E-state index is 11.9. The summed E-state index contributed by atoms with van der Waals surface area (Å²) in [6.07, 6.45) is 3.60. The van der Waals surface area contributed by atoms with Gasteiger partial charge in [-0.25, -0.2) is 10.1 Å². The van der Waals surface area contributed by atoms with Crippen molar-refractivity contribution in [3.63, 3.8) is 0 Å². The second-order valence-electron chi connectivity index (χ2n) is 6.07. The largest absolute Gasteiger partial charge is 0.476 e. The van der Waals surface area contributed by atoms with E-state index in [2.05, 4.69) is 30.4 Å². The van der Waals surface area contributed by atoms with Crippen LogP contribution >= 0.6 is 0 Å². The van der Waals surface area contributed by atoms with Crippen molar-refractivity contribution in [1.82, 2.24) is 25.5 Å². The molecular weight excluding hydrogens is 336 g/mol. The van der Waals surface area contributed by atoms with E-state index in [1.807, 2.05) is 13.0 Å². The Hall–Kier alpha value is -2.97. The van der Waals surface area contributed by atoms with E-state index in [1.165, 1.54) is 31.4 Å². The molecule has 3 rings (SSSR count). The first-order chi connectivity index (χ1) is 12.6. The normalized spacial score (nSPS) is 14.1. The molecule has 0 aromatic carbocycles. The maximum atomic E-state index is 11.9. The van der Waals surface area contributed by atoms with Crippen molar-refractivity contribution in [2.75, 3.05) is 31.1 Å². The highest BCUT2D eigenvalue weighted by atomic mass is 16.5. The molecule has 9 nitrogen and oxygen atoms in total. The number of amides is 1. The van der Waals surface area contributed by atoms with E-state index >= 15 is 0 Å². The Morgan fingerprint density at radius 1 is 1.27 bits per heavy atom. The van der Waals surface area contributed by atoms with Gasteiger partial charge in [0.1, 0.15) is 23.9 Å². The lowest BCUT2D eigenvalue weighted by Gasteiger charge is -2.28. The van der Waals surface area contributed by atoms with Gasteiger partial charge < -0.3 is 15.0 Å². The monoisotopic (exact) mass is 358 g/mol. The number of ether oxygens (including phenoxy) is 1. The minimum atomic E-state index is -0.377. The zero-order chi connectivity index (χ0) is 18.4. The van der Waals surface area contributed by atoms with E-state index in [1.54, 1.807) is 0 Å². The van der Waals surface area contributed by atoms with Crippen molar-refractivity contribution in [2.24, 2.45) is 0 Å². The van der Waals surface area contributed by atoms with Crippen molar-refractivity contribution in [3.8, 4) is 5.88 Å². The van der Waals surface area contributed by atoms with Gasteiger partial charge in [-0.05, 0) is 32.3 Å². The number of piperidine rings is 1. The minimum Gasteiger partial charge on any atom is -0.476 e. The SMILES string of the molecule is Cc1nc(OCCNC(=O)c2ccc(=O)[nH]n2)cc(N2CCCCC2)n1. The number of aromatic amines is 1. The number of nitrogens with zero attached hydrogens (tertiary/aromatic N) is 4. The highest BCUT2D eigenvalue weighted by Crippen LogP contribution is 2.21. The van der Waals surface area contributed by atoms with E-state index in [9.17, 15) is 9.59 Å². The molecule has 0 aliphatic carbocycles. The van der Waals surface area contributed by atoms with Crippen LogP contribution in [0.5, 0.6) is 5.88 Å². The van der Waals surface area contributed by atoms with E-state index in [-0.39, 0.29) is 23.8 Å². The molecule has 138 valence electrons. The fourth-order valence-electron chi connectivity index (χ4n) is 2.77. The lowest BCUT2D eigenvalue weighted by atomic mass is 10.1. The zero-order valence-corrected chi connectivity index (χ0v) is 14.7. The van der Waals surface area contributed by atoms with Crippen molar-refractivity contribution < 1.29 is 9.53 Å². The summed E-state index contributed by atoms with van der Waals surface area (Å²) in [5, 5.41) is 8.57. The molecular formula is C17H22N6O3. The molecule has 2 aromatic rings. The van der Waals surface area contributed by atoms with Crippen molar-refractivity contribution in [3.05, 3.63) is 40.1 Å². The van der Waals surface area contributed by atoms with Crippen LogP contribution in [0.1, 0.15) is 35.6 Å². The highest BCUT2D eigenvalue weighted by Gasteiger charge is 2.14. The second-order valence-corrected chi connectivity index (χ2v) is 6.07. The molecule has 2 aromatic heterocycles. The van der Waals surface area contributed by atoms with Crippen LogP contribution in [0.25, 0.3) is 0 Å². The van der Waals surface area contributed by atoms with Crippen LogP contribution in [0.2, 0.25) is 0 Å². The third-order valence-electron chi connectivity index (χ3n) is 4.03. The first-order valence-electron chi connectivity index (χ1n) is 8.69. The number of aryl methyl sites for hydroxylation is 1. The third-order valence-corrected chi connectivity index (χ3v) is 4.03. The van der Waals surface area contributed by atoms with E-state index in [4.69, 9.17) is 4.74 Å². The Labute approximate surface area is 150 Å². The van der Waals surface area contributed by atoms with Crippen molar-refractivity contribution in [2.45, 2.75) is 26.2 Å². The van der Waals surface area contributed by atoms with Gasteiger partial charge in [0.05, 0.1) is 6.54 Å². The number of anilines is 1. The summed E-state index contributed by atoms with van der Waals surface area (Å²) in [5.74, 6) is 1.66. The summed E-state index contributed by atoms with van der Waals surface area (Å²) in [5.41, 5.74) is -0.205. The molecule has 26 heavy (non-hydrogen) atoms. The molecule has 1 fully saturated rings. The maximum Gasteiger partial charge on any atom is 0.271 e. The molecule has 1 aliphatic rings. The number of hydrogen-bond acceptors (Lipinski definition) is 7. The molecule has 3 heterocycles. The predicted octanol–water partition coefficient (Wildman–Crippen LogP) is 0.667. The number of aromatic nitrogens is 4. The highest BCUT2D eigenvalue weighted by molar-refractivity contribution is 5.91. The molecule has 1 saturated heterocycles. The van der Waals surface area contributed by atoms with E-state index < -0.39 is 0 Å². The van der Waals surface area contributed by atoms with Gasteiger partial charge in [-0.2, -0.15) is 10.1 Å². The lowest BCUT2D eigenvalue weighted by Crippen LogP contribution is -2.31. The molecule has 0 saturated carbocycles. The number of carbonyl (C=O) groups excluding carboxylic acids is 1. The summed E-state index contributed by atoms with van der Waals surface area (Å²) >= 11 is 0. The molecule has 0 unspecified atom stereocenters. The minimum absolute atomic E-state index is 0.148. The fraction of sp³-hybridized carbons (Fsp3) is 0.471. The summed E-state index contributed by atoms with van der Waals surface area (Å²) in [6, 6.07) is 4.46. The van der Waals surface area contributed by atoms with Crippen molar-refractivity contribution in [1.29, 1.82) is 0 Å². The Balaban J connectivity index is 1.51. The zero-order valence-electron chi connectivity index (χ0n) is 14.7. The van der Waals surface area contributed by atoms with Gasteiger partial charge in [-0.15, -0.1) is 0 Å². The van der Waals surface area contributed by atoms with Crippen LogP contribution in [0.15, 0.2) is 23.0 Å². The Bertz CT molecular complexity index is 796. The van der Waals surface area contributed by atoms with Gasteiger partial charge in [0.25, 0.3) is 11.5 Å². The van der Waals surface area contributed by atoms with Gasteiger partial charge in [0.15, 0.2) is 0 Å². The smallest absolute Gasteiger partial charge is 0.271 e.